The zero-order valence-electron chi connectivity index (χ0n) is 27.2. The summed E-state index contributed by atoms with van der Waals surface area (Å²) in [5, 5.41) is 11.9. The van der Waals surface area contributed by atoms with Crippen molar-refractivity contribution in [2.75, 3.05) is 33.1 Å². The fraction of sp³-hybridized carbons (Fsp3) is 0.314. The number of fused-ring (bicyclic) bond motifs is 2. The summed E-state index contributed by atoms with van der Waals surface area (Å²) in [6.07, 6.45) is 5.10. The highest BCUT2D eigenvalue weighted by Gasteiger charge is 2.32. The van der Waals surface area contributed by atoms with Crippen LogP contribution >= 0.6 is 0 Å². The Balaban J connectivity index is 1.09. The number of hydrogen-bond acceptors (Lipinski definition) is 9. The molecule has 0 amide bonds. The van der Waals surface area contributed by atoms with Crippen molar-refractivity contribution in [2.24, 2.45) is 0 Å². The second-order valence-electron chi connectivity index (χ2n) is 12.6. The molecule has 1 aliphatic rings. The van der Waals surface area contributed by atoms with Gasteiger partial charge >= 0.3 is 5.69 Å². The molecule has 12 nitrogen and oxygen atoms in total. The number of benzene rings is 3. The number of nitrogens with one attached hydrogen (secondary N) is 2. The molecule has 1 saturated heterocycles. The van der Waals surface area contributed by atoms with Crippen molar-refractivity contribution in [1.29, 1.82) is 0 Å². The van der Waals surface area contributed by atoms with E-state index in [9.17, 15) is 13.2 Å². The number of hydrogen-bond donors (Lipinski definition) is 2. The van der Waals surface area contributed by atoms with Crippen LogP contribution in [0.2, 0.25) is 0 Å². The Labute approximate surface area is 285 Å². The first kappa shape index (κ1) is 32.9. The largest absolute Gasteiger partial charge is 0.354 e. The number of piperidine rings is 1. The molecule has 1 fully saturated rings. The van der Waals surface area contributed by atoms with Crippen LogP contribution in [0.4, 0.5) is 0 Å². The Kier molecular flexibility index (Phi) is 9.45. The number of aromatic nitrogens is 5. The molecule has 3 aromatic heterocycles. The lowest BCUT2D eigenvalue weighted by atomic mass is 10.1. The van der Waals surface area contributed by atoms with Crippen molar-refractivity contribution in [3.63, 3.8) is 0 Å². The maximum Gasteiger partial charge on any atom is 0.354 e. The van der Waals surface area contributed by atoms with Gasteiger partial charge in [0, 0.05) is 36.4 Å². The number of H-pyrrole nitrogens is 1. The molecule has 4 heterocycles. The first-order valence-corrected chi connectivity index (χ1v) is 17.9. The van der Waals surface area contributed by atoms with Gasteiger partial charge in [0.1, 0.15) is 16.7 Å². The van der Waals surface area contributed by atoms with Gasteiger partial charge in [-0.3, -0.25) is 4.57 Å². The lowest BCUT2D eigenvalue weighted by Crippen LogP contribution is -2.46. The molecule has 0 bridgehead atoms. The highest BCUT2D eigenvalue weighted by atomic mass is 32.2. The van der Waals surface area contributed by atoms with E-state index >= 15 is 0 Å². The van der Waals surface area contributed by atoms with Gasteiger partial charge in [-0.1, -0.05) is 30.3 Å². The van der Waals surface area contributed by atoms with E-state index in [0.29, 0.717) is 54.7 Å². The van der Waals surface area contributed by atoms with Crippen LogP contribution in [0.1, 0.15) is 30.4 Å². The number of rotatable bonds is 12. The molecule has 0 unspecified atom stereocenters. The molecule has 250 valence electrons. The lowest BCUT2D eigenvalue weighted by Gasteiger charge is -2.34. The second kappa shape index (κ2) is 14.1. The molecule has 0 atom stereocenters. The molecule has 6 aromatic rings. The van der Waals surface area contributed by atoms with Crippen molar-refractivity contribution in [3.05, 3.63) is 101 Å². The SMILES string of the molecule is [B]CN(C)Cc1ccc(-n2cc3cc(-c4ccc(S(=O)(=O)N(CCCc5ccc6nonc6c5)C5CCNCC5)cc4)[nH]c3nc2=O)cc1. The molecule has 0 spiro atoms. The smallest absolute Gasteiger partial charge is 0.339 e. The summed E-state index contributed by atoms with van der Waals surface area (Å²) in [4.78, 5) is 22.7. The highest BCUT2D eigenvalue weighted by molar-refractivity contribution is 7.89. The molecule has 0 aliphatic carbocycles. The van der Waals surface area contributed by atoms with Crippen LogP contribution in [0.15, 0.2) is 93.3 Å². The molecular weight excluding hydrogens is 639 g/mol. The van der Waals surface area contributed by atoms with Crippen LogP contribution < -0.4 is 11.0 Å². The van der Waals surface area contributed by atoms with Crippen LogP contribution in [0, 0.1) is 0 Å². The summed E-state index contributed by atoms with van der Waals surface area (Å²) in [5.74, 6) is 0. The number of aryl methyl sites for hydroxylation is 1. The molecule has 7 rings (SSSR count). The van der Waals surface area contributed by atoms with Crippen LogP contribution in [0.3, 0.4) is 0 Å². The molecule has 2 radical (unpaired) electrons. The van der Waals surface area contributed by atoms with Gasteiger partial charge in [0.15, 0.2) is 0 Å². The fourth-order valence-corrected chi connectivity index (χ4v) is 8.15. The highest BCUT2D eigenvalue weighted by Crippen LogP contribution is 2.28. The maximum atomic E-state index is 14.1. The molecule has 1 aliphatic heterocycles. The van der Waals surface area contributed by atoms with Gasteiger partial charge in [-0.05, 0) is 122 Å². The van der Waals surface area contributed by atoms with Gasteiger partial charge in [0.25, 0.3) is 0 Å². The van der Waals surface area contributed by atoms with E-state index in [1.807, 2.05) is 60.5 Å². The minimum atomic E-state index is -3.77. The fourth-order valence-electron chi connectivity index (χ4n) is 6.43. The van der Waals surface area contributed by atoms with E-state index in [0.717, 1.165) is 53.7 Å². The Morgan fingerprint density at radius 3 is 2.45 bits per heavy atom. The van der Waals surface area contributed by atoms with E-state index in [-0.39, 0.29) is 10.9 Å². The Morgan fingerprint density at radius 1 is 0.959 bits per heavy atom. The third-order valence-corrected chi connectivity index (χ3v) is 11.1. The lowest BCUT2D eigenvalue weighted by molar-refractivity contribution is 0.260. The van der Waals surface area contributed by atoms with E-state index in [1.165, 1.54) is 4.57 Å². The minimum absolute atomic E-state index is 0.0793. The van der Waals surface area contributed by atoms with Crippen molar-refractivity contribution < 1.29 is 13.0 Å². The van der Waals surface area contributed by atoms with Crippen LogP contribution in [0.25, 0.3) is 39.0 Å². The zero-order valence-corrected chi connectivity index (χ0v) is 28.1. The predicted molar refractivity (Wildman–Crippen MR) is 189 cm³/mol. The molecular formula is C35H37BN8O4S. The van der Waals surface area contributed by atoms with Gasteiger partial charge in [-0.2, -0.15) is 9.29 Å². The standard InChI is InChI=1S/C35H37BN8O4S/c1-42(23-36)21-25-4-9-28(10-5-25)43-22-27-20-32(38-34(27)39-35(43)45)26-7-11-30(12-8-26)49(46,47)44(29-14-16-37-17-15-29)18-2-3-24-6-13-31-33(19-24)41-48-40-31/h4-13,19-20,22,29,37H,2-3,14-18,21,23H2,1H3,(H,38,39,45). The first-order chi connectivity index (χ1) is 23.8. The summed E-state index contributed by atoms with van der Waals surface area (Å²) in [7, 11) is 3.88. The van der Waals surface area contributed by atoms with Crippen molar-refractivity contribution in [1.82, 2.24) is 39.4 Å². The Bertz CT molecular complexity index is 2230. The van der Waals surface area contributed by atoms with Crippen molar-refractivity contribution >= 4 is 39.9 Å². The first-order valence-electron chi connectivity index (χ1n) is 16.4. The monoisotopic (exact) mass is 676 g/mol. The average molecular weight is 677 g/mol. The molecule has 3 aromatic carbocycles. The van der Waals surface area contributed by atoms with Crippen molar-refractivity contribution in [2.45, 2.75) is 43.2 Å². The summed E-state index contributed by atoms with van der Waals surface area (Å²) >= 11 is 0. The third-order valence-electron chi connectivity index (χ3n) is 9.14. The number of aromatic amines is 1. The summed E-state index contributed by atoms with van der Waals surface area (Å²) in [6.45, 7) is 2.68. The van der Waals surface area contributed by atoms with E-state index in [1.54, 1.807) is 34.8 Å². The third kappa shape index (κ3) is 7.08. The van der Waals surface area contributed by atoms with E-state index in [2.05, 4.69) is 25.6 Å². The zero-order chi connectivity index (χ0) is 34.0. The quantitative estimate of drug-likeness (QED) is 0.185. The summed E-state index contributed by atoms with van der Waals surface area (Å²) in [5.41, 5.74) is 5.83. The van der Waals surface area contributed by atoms with E-state index < -0.39 is 15.7 Å². The summed E-state index contributed by atoms with van der Waals surface area (Å²) < 4.78 is 36.2. The van der Waals surface area contributed by atoms with Gasteiger partial charge in [-0.15, -0.1) is 0 Å². The van der Waals surface area contributed by atoms with Crippen LogP contribution in [0.5, 0.6) is 0 Å². The van der Waals surface area contributed by atoms with Gasteiger partial charge in [0.05, 0.1) is 18.4 Å². The van der Waals surface area contributed by atoms with Crippen LogP contribution in [-0.4, -0.2) is 89.5 Å². The molecule has 2 N–H and O–H groups in total. The predicted octanol–water partition coefficient (Wildman–Crippen LogP) is 3.85. The van der Waals surface area contributed by atoms with Crippen molar-refractivity contribution in [3.8, 4) is 16.9 Å². The van der Waals surface area contributed by atoms with Crippen LogP contribution in [-0.2, 0) is 23.0 Å². The Hall–Kier alpha value is -4.63. The second-order valence-corrected chi connectivity index (χ2v) is 14.4. The average Bonchev–Trinajstić information content (AvgIpc) is 3.77. The minimum Gasteiger partial charge on any atom is -0.339 e. The normalized spacial score (nSPS) is 14.4. The van der Waals surface area contributed by atoms with Gasteiger partial charge in [0.2, 0.25) is 10.0 Å². The Morgan fingerprint density at radius 2 is 1.69 bits per heavy atom. The number of nitrogens with zero attached hydrogens (tertiary/aromatic N) is 6. The molecule has 14 heteroatoms. The molecule has 0 saturated carbocycles. The van der Waals surface area contributed by atoms with Gasteiger partial charge < -0.3 is 15.2 Å². The van der Waals surface area contributed by atoms with E-state index in [4.69, 9.17) is 12.5 Å². The summed E-state index contributed by atoms with van der Waals surface area (Å²) in [6, 6.07) is 22.3. The number of sulfonamides is 1. The van der Waals surface area contributed by atoms with Gasteiger partial charge in [-0.25, -0.2) is 17.8 Å². The topological polar surface area (TPSA) is 142 Å². The maximum absolute atomic E-state index is 14.1. The molecule has 49 heavy (non-hydrogen) atoms.